The van der Waals surface area contributed by atoms with Gasteiger partial charge in [-0.3, -0.25) is 9.59 Å². The maximum Gasteiger partial charge on any atom is 0.332 e. The van der Waals surface area contributed by atoms with E-state index in [0.717, 1.165) is 5.56 Å². The molecule has 0 spiro atoms. The molecule has 0 unspecified atom stereocenters. The molecule has 0 radical (unpaired) electrons. The summed E-state index contributed by atoms with van der Waals surface area (Å²) in [7, 11) is 0. The highest BCUT2D eigenvalue weighted by Crippen LogP contribution is 2.22. The van der Waals surface area contributed by atoms with Gasteiger partial charge in [0.05, 0.1) is 6.54 Å². The van der Waals surface area contributed by atoms with Crippen LogP contribution in [0.25, 0.3) is 0 Å². The van der Waals surface area contributed by atoms with Gasteiger partial charge in [-0.15, -0.1) is 0 Å². The summed E-state index contributed by atoms with van der Waals surface area (Å²) in [5, 5.41) is 8.91. The summed E-state index contributed by atoms with van der Waals surface area (Å²) >= 11 is 0. The molecule has 1 fully saturated rings. The number of nitrogens with zero attached hydrogens (tertiary/aromatic N) is 1. The van der Waals surface area contributed by atoms with Crippen LogP contribution in [0.15, 0.2) is 30.3 Å². The van der Waals surface area contributed by atoms with E-state index < -0.39 is 30.0 Å². The van der Waals surface area contributed by atoms with Gasteiger partial charge in [-0.1, -0.05) is 30.3 Å². The first-order valence-corrected chi connectivity index (χ1v) is 6.96. The highest BCUT2D eigenvalue weighted by Gasteiger charge is 2.37. The fourth-order valence-corrected chi connectivity index (χ4v) is 2.41. The van der Waals surface area contributed by atoms with E-state index in [1.807, 2.05) is 30.3 Å². The van der Waals surface area contributed by atoms with Gasteiger partial charge in [0.15, 0.2) is 6.10 Å². The largest absolute Gasteiger partial charge is 0.479 e. The second-order valence-electron chi connectivity index (χ2n) is 5.18. The van der Waals surface area contributed by atoms with Gasteiger partial charge in [0.2, 0.25) is 5.91 Å². The molecule has 2 rings (SSSR count). The molecule has 0 aliphatic carbocycles. The number of rotatable bonds is 6. The Balaban J connectivity index is 2.06. The quantitative estimate of drug-likeness (QED) is 0.776. The van der Waals surface area contributed by atoms with Crippen molar-refractivity contribution in [1.29, 1.82) is 0 Å². The maximum atomic E-state index is 12.5. The molecule has 2 atom stereocenters. The molecule has 1 aliphatic heterocycles. The molecule has 1 saturated heterocycles. The molecule has 0 bridgehead atoms. The van der Waals surface area contributed by atoms with E-state index in [1.165, 1.54) is 4.90 Å². The number of hydrogen-bond acceptors (Lipinski definition) is 4. The van der Waals surface area contributed by atoms with Crippen molar-refractivity contribution >= 4 is 17.8 Å². The Bertz CT molecular complexity index is 560. The Morgan fingerprint density at radius 3 is 2.36 bits per heavy atom. The van der Waals surface area contributed by atoms with Crippen molar-refractivity contribution in [2.75, 3.05) is 6.54 Å². The van der Waals surface area contributed by atoms with Crippen LogP contribution in [0.2, 0.25) is 0 Å². The van der Waals surface area contributed by atoms with Crippen LogP contribution in [0, 0.1) is 0 Å². The van der Waals surface area contributed by atoms with Crippen LogP contribution >= 0.6 is 0 Å². The summed E-state index contributed by atoms with van der Waals surface area (Å²) in [6, 6.07) is 9.17. The van der Waals surface area contributed by atoms with E-state index in [2.05, 4.69) is 0 Å². The smallest absolute Gasteiger partial charge is 0.332 e. The van der Waals surface area contributed by atoms with Crippen molar-refractivity contribution < 1.29 is 24.2 Å². The summed E-state index contributed by atoms with van der Waals surface area (Å²) in [6.07, 6.45) is -1.22. The summed E-state index contributed by atoms with van der Waals surface area (Å²) in [5.41, 5.74) is 6.04. The first-order valence-electron chi connectivity index (χ1n) is 6.96. The fraction of sp³-hybridized carbons (Fsp3) is 0.400. The maximum absolute atomic E-state index is 12.5. The van der Waals surface area contributed by atoms with E-state index in [-0.39, 0.29) is 19.5 Å². The molecule has 22 heavy (non-hydrogen) atoms. The van der Waals surface area contributed by atoms with Crippen LogP contribution < -0.4 is 5.73 Å². The van der Waals surface area contributed by atoms with Gasteiger partial charge in [0, 0.05) is 6.54 Å². The second-order valence-corrected chi connectivity index (χ2v) is 5.18. The van der Waals surface area contributed by atoms with E-state index >= 15 is 0 Å². The molecule has 1 aliphatic rings. The third kappa shape index (κ3) is 4.05. The first kappa shape index (κ1) is 16.0. The van der Waals surface area contributed by atoms with E-state index in [0.29, 0.717) is 6.42 Å². The molecule has 7 heteroatoms. The molecule has 0 aromatic heterocycles. The SMILES string of the molecule is NC(=O)CN(Cc1ccccc1)C(=O)[C@@H]1CC[C@H](C(=O)O)O1. The van der Waals surface area contributed by atoms with E-state index in [9.17, 15) is 14.4 Å². The van der Waals surface area contributed by atoms with Gasteiger partial charge < -0.3 is 20.5 Å². The number of primary amides is 1. The standard InChI is InChI=1S/C15H18N2O5/c16-13(18)9-17(8-10-4-2-1-3-5-10)14(19)11-6-7-12(22-11)15(20)21/h1-5,11-12H,6-9H2,(H2,16,18)(H,20,21)/t11-,12+/m0/s1. The Kier molecular flexibility index (Phi) is 5.11. The molecule has 2 amide bonds. The minimum absolute atomic E-state index is 0.222. The number of benzene rings is 1. The van der Waals surface area contributed by atoms with Gasteiger partial charge >= 0.3 is 5.97 Å². The van der Waals surface area contributed by atoms with Crippen molar-refractivity contribution in [3.63, 3.8) is 0 Å². The monoisotopic (exact) mass is 306 g/mol. The second kappa shape index (κ2) is 7.04. The van der Waals surface area contributed by atoms with Crippen LogP contribution in [0.1, 0.15) is 18.4 Å². The van der Waals surface area contributed by atoms with Gasteiger partial charge in [-0.25, -0.2) is 4.79 Å². The molecule has 1 aromatic carbocycles. The van der Waals surface area contributed by atoms with Crippen molar-refractivity contribution in [2.24, 2.45) is 5.73 Å². The average molecular weight is 306 g/mol. The number of ether oxygens (including phenoxy) is 1. The third-order valence-electron chi connectivity index (χ3n) is 3.45. The number of carboxylic acid groups (broad SMARTS) is 1. The Morgan fingerprint density at radius 1 is 1.18 bits per heavy atom. The molecule has 118 valence electrons. The lowest BCUT2D eigenvalue weighted by Gasteiger charge is -2.24. The molecule has 0 saturated carbocycles. The lowest BCUT2D eigenvalue weighted by molar-refractivity contribution is -0.155. The predicted molar refractivity (Wildman–Crippen MR) is 76.6 cm³/mol. The third-order valence-corrected chi connectivity index (χ3v) is 3.45. The summed E-state index contributed by atoms with van der Waals surface area (Å²) in [6.45, 7) is -0.00840. The molecular weight excluding hydrogens is 288 g/mol. The minimum Gasteiger partial charge on any atom is -0.479 e. The molecule has 1 aromatic rings. The number of carbonyl (C=O) groups is 3. The molecule has 3 N–H and O–H groups in total. The zero-order valence-corrected chi connectivity index (χ0v) is 12.0. The fourth-order valence-electron chi connectivity index (χ4n) is 2.41. The average Bonchev–Trinajstić information content (AvgIpc) is 2.96. The number of hydrogen-bond donors (Lipinski definition) is 2. The van der Waals surface area contributed by atoms with Gasteiger partial charge in [-0.05, 0) is 18.4 Å². The number of nitrogens with two attached hydrogens (primary N) is 1. The Morgan fingerprint density at radius 2 is 1.82 bits per heavy atom. The van der Waals surface area contributed by atoms with Crippen molar-refractivity contribution in [1.82, 2.24) is 4.90 Å². The molecule has 7 nitrogen and oxygen atoms in total. The topological polar surface area (TPSA) is 110 Å². The zero-order chi connectivity index (χ0) is 16.1. The number of carboxylic acids is 1. The van der Waals surface area contributed by atoms with Crippen LogP contribution in [-0.2, 0) is 25.7 Å². The summed E-state index contributed by atoms with van der Waals surface area (Å²) < 4.78 is 5.24. The Hall–Kier alpha value is -2.41. The van der Waals surface area contributed by atoms with Crippen LogP contribution in [0.4, 0.5) is 0 Å². The van der Waals surface area contributed by atoms with Crippen molar-refractivity contribution in [3.8, 4) is 0 Å². The lowest BCUT2D eigenvalue weighted by Crippen LogP contribution is -2.43. The predicted octanol–water partition coefficient (Wildman–Crippen LogP) is 0.133. The summed E-state index contributed by atoms with van der Waals surface area (Å²) in [5.74, 6) is -2.12. The normalized spacial score (nSPS) is 20.5. The number of amides is 2. The number of carbonyl (C=O) groups excluding carboxylic acids is 2. The van der Waals surface area contributed by atoms with E-state index in [4.69, 9.17) is 15.6 Å². The highest BCUT2D eigenvalue weighted by molar-refractivity contribution is 5.87. The van der Waals surface area contributed by atoms with Crippen molar-refractivity contribution in [3.05, 3.63) is 35.9 Å². The molecular formula is C15H18N2O5. The first-order chi connectivity index (χ1) is 10.5. The van der Waals surface area contributed by atoms with Gasteiger partial charge in [0.1, 0.15) is 6.10 Å². The van der Waals surface area contributed by atoms with Crippen LogP contribution in [0.5, 0.6) is 0 Å². The lowest BCUT2D eigenvalue weighted by atomic mass is 10.1. The zero-order valence-electron chi connectivity index (χ0n) is 12.0. The highest BCUT2D eigenvalue weighted by atomic mass is 16.5. The van der Waals surface area contributed by atoms with E-state index in [1.54, 1.807) is 0 Å². The van der Waals surface area contributed by atoms with Crippen LogP contribution in [-0.4, -0.2) is 46.5 Å². The van der Waals surface area contributed by atoms with Gasteiger partial charge in [-0.2, -0.15) is 0 Å². The van der Waals surface area contributed by atoms with Crippen molar-refractivity contribution in [2.45, 2.75) is 31.6 Å². The molecule has 1 heterocycles. The summed E-state index contributed by atoms with van der Waals surface area (Å²) in [4.78, 5) is 35.8. The van der Waals surface area contributed by atoms with Gasteiger partial charge in [0.25, 0.3) is 5.91 Å². The Labute approximate surface area is 127 Å². The minimum atomic E-state index is -1.08. The van der Waals surface area contributed by atoms with Crippen LogP contribution in [0.3, 0.4) is 0 Å². The number of aliphatic carboxylic acids is 1.